The van der Waals surface area contributed by atoms with Gasteiger partial charge >= 0.3 is 12.4 Å². The van der Waals surface area contributed by atoms with Crippen molar-refractivity contribution >= 4 is 0 Å². The molecule has 22 heavy (non-hydrogen) atoms. The standard InChI is InChI=1S/C12H12F6N4/c13-11(14,15)9-19-3-7-21(9)5-1-2-6-22-8-4-20-10(22)12(16,17)18/h3-4,7-8H,1-2,5-6H2. The van der Waals surface area contributed by atoms with Crippen LogP contribution >= 0.6 is 0 Å². The van der Waals surface area contributed by atoms with Crippen molar-refractivity contribution in [1.82, 2.24) is 19.1 Å². The molecule has 0 N–H and O–H groups in total. The highest BCUT2D eigenvalue weighted by Crippen LogP contribution is 2.29. The summed E-state index contributed by atoms with van der Waals surface area (Å²) in [7, 11) is 0. The van der Waals surface area contributed by atoms with Gasteiger partial charge in [0.1, 0.15) is 0 Å². The highest BCUT2D eigenvalue weighted by atomic mass is 19.4. The Hall–Kier alpha value is -2.00. The van der Waals surface area contributed by atoms with Crippen molar-refractivity contribution in [3.63, 3.8) is 0 Å². The van der Waals surface area contributed by atoms with Crippen molar-refractivity contribution < 1.29 is 26.3 Å². The summed E-state index contributed by atoms with van der Waals surface area (Å²) in [6, 6.07) is 0. The van der Waals surface area contributed by atoms with E-state index in [0.29, 0.717) is 0 Å². The third-order valence-corrected chi connectivity index (χ3v) is 2.99. The molecule has 2 heterocycles. The van der Waals surface area contributed by atoms with Crippen LogP contribution in [-0.4, -0.2) is 19.1 Å². The average molecular weight is 326 g/mol. The molecule has 2 aromatic rings. The summed E-state index contributed by atoms with van der Waals surface area (Å²) in [6.07, 6.45) is -4.04. The molecule has 0 atom stereocenters. The van der Waals surface area contributed by atoms with Gasteiger partial charge in [0.25, 0.3) is 0 Å². The summed E-state index contributed by atoms with van der Waals surface area (Å²) < 4.78 is 77.4. The van der Waals surface area contributed by atoms with E-state index in [2.05, 4.69) is 9.97 Å². The molecule has 2 aromatic heterocycles. The summed E-state index contributed by atoms with van der Waals surface area (Å²) in [6.45, 7) is 0.0653. The largest absolute Gasteiger partial charge is 0.449 e. The topological polar surface area (TPSA) is 35.6 Å². The van der Waals surface area contributed by atoms with E-state index in [4.69, 9.17) is 0 Å². The summed E-state index contributed by atoms with van der Waals surface area (Å²) in [5, 5.41) is 0. The lowest BCUT2D eigenvalue weighted by Gasteiger charge is -2.12. The van der Waals surface area contributed by atoms with Crippen LogP contribution in [-0.2, 0) is 25.4 Å². The van der Waals surface area contributed by atoms with Crippen LogP contribution in [0.3, 0.4) is 0 Å². The van der Waals surface area contributed by atoms with E-state index >= 15 is 0 Å². The molecule has 0 unspecified atom stereocenters. The number of alkyl halides is 6. The Morgan fingerprint density at radius 1 is 0.727 bits per heavy atom. The number of aryl methyl sites for hydroxylation is 2. The second-order valence-electron chi connectivity index (χ2n) is 4.59. The lowest BCUT2D eigenvalue weighted by molar-refractivity contribution is -0.148. The lowest BCUT2D eigenvalue weighted by Crippen LogP contribution is -2.16. The van der Waals surface area contributed by atoms with Gasteiger partial charge in [0.15, 0.2) is 0 Å². The highest BCUT2D eigenvalue weighted by Gasteiger charge is 2.36. The zero-order valence-electron chi connectivity index (χ0n) is 11.2. The maximum Gasteiger partial charge on any atom is 0.449 e. The summed E-state index contributed by atoms with van der Waals surface area (Å²) >= 11 is 0. The second kappa shape index (κ2) is 6.01. The molecule has 0 fully saturated rings. The van der Waals surface area contributed by atoms with Gasteiger partial charge < -0.3 is 9.13 Å². The number of nitrogens with zero attached hydrogens (tertiary/aromatic N) is 4. The first-order valence-electron chi connectivity index (χ1n) is 6.36. The summed E-state index contributed by atoms with van der Waals surface area (Å²) in [5.41, 5.74) is 0. The average Bonchev–Trinajstić information content (AvgIpc) is 3.01. The van der Waals surface area contributed by atoms with Gasteiger partial charge in [0.05, 0.1) is 0 Å². The molecule has 0 aliphatic carbocycles. The molecule has 0 aliphatic rings. The molecule has 0 spiro atoms. The van der Waals surface area contributed by atoms with Gasteiger partial charge in [-0.25, -0.2) is 9.97 Å². The fourth-order valence-corrected chi connectivity index (χ4v) is 2.06. The third kappa shape index (κ3) is 3.80. The smallest absolute Gasteiger partial charge is 0.327 e. The zero-order valence-corrected chi connectivity index (χ0v) is 11.2. The van der Waals surface area contributed by atoms with E-state index in [-0.39, 0.29) is 25.9 Å². The van der Waals surface area contributed by atoms with E-state index in [9.17, 15) is 26.3 Å². The van der Waals surface area contributed by atoms with Crippen LogP contribution in [0.4, 0.5) is 26.3 Å². The van der Waals surface area contributed by atoms with E-state index < -0.39 is 24.0 Å². The van der Waals surface area contributed by atoms with Crippen LogP contribution in [0.1, 0.15) is 24.5 Å². The van der Waals surface area contributed by atoms with Gasteiger partial charge in [0.2, 0.25) is 11.6 Å². The van der Waals surface area contributed by atoms with Gasteiger partial charge in [-0.2, -0.15) is 26.3 Å². The summed E-state index contributed by atoms with van der Waals surface area (Å²) in [4.78, 5) is 6.47. The van der Waals surface area contributed by atoms with Gasteiger partial charge in [-0.15, -0.1) is 0 Å². The number of unbranched alkanes of at least 4 members (excludes halogenated alkanes) is 1. The maximum absolute atomic E-state index is 12.6. The summed E-state index contributed by atoms with van der Waals surface area (Å²) in [5.74, 6) is -2.02. The molecule has 0 saturated carbocycles. The molecule has 0 bridgehead atoms. The molecule has 0 aliphatic heterocycles. The molecule has 10 heteroatoms. The first kappa shape index (κ1) is 16.4. The van der Waals surface area contributed by atoms with Crippen LogP contribution in [0.25, 0.3) is 0 Å². The number of halogens is 6. The quantitative estimate of drug-likeness (QED) is 0.622. The second-order valence-corrected chi connectivity index (χ2v) is 4.59. The molecule has 0 amide bonds. The predicted molar refractivity (Wildman–Crippen MR) is 63.7 cm³/mol. The number of rotatable bonds is 5. The van der Waals surface area contributed by atoms with E-state index in [1.807, 2.05) is 0 Å². The number of hydrogen-bond donors (Lipinski definition) is 0. The monoisotopic (exact) mass is 326 g/mol. The lowest BCUT2D eigenvalue weighted by atomic mass is 10.3. The van der Waals surface area contributed by atoms with Crippen LogP contribution in [0.5, 0.6) is 0 Å². The van der Waals surface area contributed by atoms with Crippen molar-refractivity contribution in [1.29, 1.82) is 0 Å². The predicted octanol–water partition coefficient (Wildman–Crippen LogP) is 3.60. The van der Waals surface area contributed by atoms with Crippen molar-refractivity contribution in [2.75, 3.05) is 0 Å². The fraction of sp³-hybridized carbons (Fsp3) is 0.500. The van der Waals surface area contributed by atoms with E-state index in [0.717, 1.165) is 21.5 Å². The zero-order chi connectivity index (χ0) is 16.4. The van der Waals surface area contributed by atoms with Gasteiger partial charge in [-0.05, 0) is 12.8 Å². The molecular weight excluding hydrogens is 314 g/mol. The number of hydrogen-bond acceptors (Lipinski definition) is 2. The molecule has 2 rings (SSSR count). The maximum atomic E-state index is 12.6. The molecule has 4 nitrogen and oxygen atoms in total. The van der Waals surface area contributed by atoms with Crippen molar-refractivity contribution in [3.05, 3.63) is 36.4 Å². The molecule has 0 radical (unpaired) electrons. The van der Waals surface area contributed by atoms with Gasteiger partial charge in [0, 0.05) is 37.9 Å². The van der Waals surface area contributed by atoms with E-state index in [1.165, 1.54) is 12.4 Å². The highest BCUT2D eigenvalue weighted by molar-refractivity contribution is 4.97. The van der Waals surface area contributed by atoms with Crippen molar-refractivity contribution in [2.45, 2.75) is 38.3 Å². The molecule has 122 valence electrons. The molecule has 0 saturated heterocycles. The SMILES string of the molecule is FC(F)(F)c1nccn1CCCCn1ccnc1C(F)(F)F. The van der Waals surface area contributed by atoms with Crippen LogP contribution < -0.4 is 0 Å². The number of imidazole rings is 2. The van der Waals surface area contributed by atoms with Crippen molar-refractivity contribution in [2.24, 2.45) is 0 Å². The third-order valence-electron chi connectivity index (χ3n) is 2.99. The van der Waals surface area contributed by atoms with Crippen LogP contribution in [0.2, 0.25) is 0 Å². The molecular formula is C12H12F6N4. The van der Waals surface area contributed by atoms with Gasteiger partial charge in [-0.3, -0.25) is 0 Å². The fourth-order valence-electron chi connectivity index (χ4n) is 2.06. The van der Waals surface area contributed by atoms with E-state index in [1.54, 1.807) is 0 Å². The van der Waals surface area contributed by atoms with Crippen molar-refractivity contribution in [3.8, 4) is 0 Å². The minimum absolute atomic E-state index is 0.0326. The Kier molecular flexibility index (Phi) is 4.47. The van der Waals surface area contributed by atoms with Crippen LogP contribution in [0.15, 0.2) is 24.8 Å². The Morgan fingerprint density at radius 2 is 1.09 bits per heavy atom. The first-order valence-corrected chi connectivity index (χ1v) is 6.36. The van der Waals surface area contributed by atoms with Crippen LogP contribution in [0, 0.1) is 0 Å². The number of aromatic nitrogens is 4. The molecule has 0 aromatic carbocycles. The normalized spacial score (nSPS) is 12.8. The Labute approximate surface area is 121 Å². The minimum Gasteiger partial charge on any atom is -0.327 e. The van der Waals surface area contributed by atoms with Gasteiger partial charge in [-0.1, -0.05) is 0 Å². The Balaban J connectivity index is 1.89. The first-order chi connectivity index (χ1) is 10.2. The minimum atomic E-state index is -4.54. The Morgan fingerprint density at radius 3 is 1.41 bits per heavy atom. The Bertz CT molecular complexity index is 555.